The zero-order valence-electron chi connectivity index (χ0n) is 15.2. The first kappa shape index (κ1) is 20.2. The lowest BCUT2D eigenvalue weighted by Gasteiger charge is -2.13. The van der Waals surface area contributed by atoms with Crippen molar-refractivity contribution in [1.29, 1.82) is 0 Å². The van der Waals surface area contributed by atoms with Crippen LogP contribution in [0.4, 0.5) is 5.82 Å². The summed E-state index contributed by atoms with van der Waals surface area (Å²) >= 11 is 18.7. The number of nitrogens with two attached hydrogens (primary N) is 1. The summed E-state index contributed by atoms with van der Waals surface area (Å²) in [6.45, 7) is 1.91. The van der Waals surface area contributed by atoms with Crippen molar-refractivity contribution < 1.29 is 4.74 Å². The Kier molecular flexibility index (Phi) is 5.15. The van der Waals surface area contributed by atoms with Gasteiger partial charge in [-0.2, -0.15) is 4.68 Å². The van der Waals surface area contributed by atoms with E-state index < -0.39 is 11.2 Å². The molecule has 30 heavy (non-hydrogen) atoms. The smallest absolute Gasteiger partial charge is 0.349 e. The van der Waals surface area contributed by atoms with Crippen molar-refractivity contribution in [2.24, 2.45) is 0 Å². The lowest BCUT2D eigenvalue weighted by molar-refractivity contribution is 0.483. The van der Waals surface area contributed by atoms with E-state index in [1.54, 1.807) is 24.3 Å². The Morgan fingerprint density at radius 2 is 1.77 bits per heavy atom. The number of pyridine rings is 1. The number of nitrogens with one attached hydrogen (secondary N) is 1. The maximum Gasteiger partial charge on any atom is 0.349 e. The summed E-state index contributed by atoms with van der Waals surface area (Å²) in [5, 5.41) is 5.27. The van der Waals surface area contributed by atoms with Gasteiger partial charge in [-0.3, -0.25) is 9.78 Å². The zero-order valence-corrected chi connectivity index (χ0v) is 17.5. The number of aromatic nitrogens is 4. The number of benzene rings is 2. The summed E-state index contributed by atoms with van der Waals surface area (Å²) in [6.07, 6.45) is 0. The van der Waals surface area contributed by atoms with Gasteiger partial charge in [0.05, 0.1) is 21.2 Å². The van der Waals surface area contributed by atoms with Crippen LogP contribution in [0, 0.1) is 6.92 Å². The molecular formula is C19H12Cl3N5O3. The Morgan fingerprint density at radius 1 is 1.07 bits per heavy atom. The molecule has 4 rings (SSSR count). The summed E-state index contributed by atoms with van der Waals surface area (Å²) in [5.74, 6) is 0.295. The minimum Gasteiger partial charge on any atom is -0.454 e. The number of fused-ring (bicyclic) bond motifs is 1. The topological polar surface area (TPSA) is 116 Å². The molecule has 0 unspecified atom stereocenters. The van der Waals surface area contributed by atoms with E-state index >= 15 is 0 Å². The number of nitrogen functional groups attached to an aromatic ring is 1. The van der Waals surface area contributed by atoms with E-state index in [0.717, 1.165) is 21.1 Å². The van der Waals surface area contributed by atoms with E-state index in [1.807, 2.05) is 6.92 Å². The van der Waals surface area contributed by atoms with Crippen LogP contribution >= 0.6 is 34.8 Å². The van der Waals surface area contributed by atoms with Crippen LogP contribution in [0.1, 0.15) is 5.56 Å². The number of aromatic amines is 1. The predicted molar refractivity (Wildman–Crippen MR) is 116 cm³/mol. The molecule has 0 amide bonds. The molecule has 0 aliphatic heterocycles. The lowest BCUT2D eigenvalue weighted by atomic mass is 10.1. The number of rotatable bonds is 3. The Labute approximate surface area is 183 Å². The standard InChI is InChI=1S/C19H12Cl3N5O3/c1-8-4-15(22)24-14-3-2-10(7-11(8)14)30-16-12(20)5-9(6-13(16)21)27-19(29)25-18(28)17(23)26-27/h2-7H,1H3,(H2,23,26)(H,25,28,29). The number of hydrogen-bond donors (Lipinski definition) is 2. The second-order valence-electron chi connectivity index (χ2n) is 6.34. The van der Waals surface area contributed by atoms with Crippen LogP contribution < -0.4 is 21.7 Å². The molecule has 2 aromatic heterocycles. The number of hydrogen-bond acceptors (Lipinski definition) is 6. The molecule has 0 saturated carbocycles. The van der Waals surface area contributed by atoms with Gasteiger partial charge in [0.15, 0.2) is 5.75 Å². The van der Waals surface area contributed by atoms with Gasteiger partial charge in [-0.25, -0.2) is 9.78 Å². The molecule has 8 nitrogen and oxygen atoms in total. The Morgan fingerprint density at radius 3 is 2.47 bits per heavy atom. The SMILES string of the molecule is Cc1cc(Cl)nc2ccc(Oc3c(Cl)cc(-n4nc(N)c(=O)[nH]c4=O)cc3Cl)cc12. The lowest BCUT2D eigenvalue weighted by Crippen LogP contribution is -2.33. The summed E-state index contributed by atoms with van der Waals surface area (Å²) in [5.41, 5.74) is 5.78. The molecule has 2 aromatic carbocycles. The highest BCUT2D eigenvalue weighted by molar-refractivity contribution is 6.37. The molecule has 0 spiro atoms. The van der Waals surface area contributed by atoms with Gasteiger partial charge < -0.3 is 10.5 Å². The van der Waals surface area contributed by atoms with E-state index in [-0.39, 0.29) is 27.3 Å². The Bertz CT molecular complexity index is 1410. The number of halogens is 3. The third-order valence-electron chi connectivity index (χ3n) is 4.26. The van der Waals surface area contributed by atoms with Crippen LogP contribution in [-0.2, 0) is 0 Å². The first-order valence-corrected chi connectivity index (χ1v) is 9.59. The maximum absolute atomic E-state index is 12.0. The largest absolute Gasteiger partial charge is 0.454 e. The zero-order chi connectivity index (χ0) is 21.6. The molecule has 152 valence electrons. The van der Waals surface area contributed by atoms with Crippen molar-refractivity contribution in [3.05, 3.63) is 78.0 Å². The fraction of sp³-hybridized carbons (Fsp3) is 0.0526. The summed E-state index contributed by atoms with van der Waals surface area (Å²) < 4.78 is 6.76. The average molecular weight is 465 g/mol. The average Bonchev–Trinajstić information content (AvgIpc) is 2.67. The minimum atomic E-state index is -0.786. The number of anilines is 1. The second kappa shape index (κ2) is 7.64. The van der Waals surface area contributed by atoms with Crippen molar-refractivity contribution >= 4 is 51.5 Å². The molecule has 11 heteroatoms. The molecule has 2 heterocycles. The fourth-order valence-electron chi connectivity index (χ4n) is 2.87. The van der Waals surface area contributed by atoms with Gasteiger partial charge in [-0.15, -0.1) is 5.10 Å². The first-order chi connectivity index (χ1) is 14.2. The normalized spacial score (nSPS) is 11.1. The van der Waals surface area contributed by atoms with Gasteiger partial charge in [0.2, 0.25) is 5.82 Å². The van der Waals surface area contributed by atoms with Gasteiger partial charge in [-0.1, -0.05) is 34.8 Å². The van der Waals surface area contributed by atoms with E-state index in [0.29, 0.717) is 10.9 Å². The minimum absolute atomic E-state index is 0.127. The number of ether oxygens (including phenoxy) is 1. The highest BCUT2D eigenvalue weighted by atomic mass is 35.5. The first-order valence-electron chi connectivity index (χ1n) is 8.46. The highest BCUT2D eigenvalue weighted by Gasteiger charge is 2.15. The molecule has 3 N–H and O–H groups in total. The number of H-pyrrole nitrogens is 1. The third-order valence-corrected chi connectivity index (χ3v) is 5.01. The molecule has 0 saturated heterocycles. The van der Waals surface area contributed by atoms with E-state index in [1.165, 1.54) is 12.1 Å². The van der Waals surface area contributed by atoms with E-state index in [4.69, 9.17) is 45.3 Å². The second-order valence-corrected chi connectivity index (χ2v) is 7.54. The molecule has 0 bridgehead atoms. The summed E-state index contributed by atoms with van der Waals surface area (Å²) in [4.78, 5) is 29.8. The number of nitrogens with zero attached hydrogens (tertiary/aromatic N) is 3. The van der Waals surface area contributed by atoms with Crippen LogP contribution in [-0.4, -0.2) is 19.7 Å². The van der Waals surface area contributed by atoms with Crippen molar-refractivity contribution in [3.63, 3.8) is 0 Å². The van der Waals surface area contributed by atoms with Crippen LogP contribution in [0.15, 0.2) is 46.0 Å². The number of aryl methyl sites for hydroxylation is 1. The van der Waals surface area contributed by atoms with E-state index in [2.05, 4.69) is 15.1 Å². The van der Waals surface area contributed by atoms with Crippen LogP contribution in [0.3, 0.4) is 0 Å². The Balaban J connectivity index is 1.75. The Hall–Kier alpha value is -3.07. The molecular weight excluding hydrogens is 453 g/mol. The van der Waals surface area contributed by atoms with Crippen molar-refractivity contribution in [2.75, 3.05) is 5.73 Å². The van der Waals surface area contributed by atoms with Gasteiger partial charge in [0.1, 0.15) is 10.9 Å². The van der Waals surface area contributed by atoms with Crippen LogP contribution in [0.25, 0.3) is 16.6 Å². The van der Waals surface area contributed by atoms with E-state index in [9.17, 15) is 9.59 Å². The molecule has 0 atom stereocenters. The summed E-state index contributed by atoms with van der Waals surface area (Å²) in [7, 11) is 0. The summed E-state index contributed by atoms with van der Waals surface area (Å²) in [6, 6.07) is 9.87. The monoisotopic (exact) mass is 463 g/mol. The molecule has 0 fully saturated rings. The molecule has 0 radical (unpaired) electrons. The third kappa shape index (κ3) is 3.72. The van der Waals surface area contributed by atoms with Crippen molar-refractivity contribution in [1.82, 2.24) is 19.7 Å². The van der Waals surface area contributed by atoms with Crippen molar-refractivity contribution in [3.8, 4) is 17.2 Å². The van der Waals surface area contributed by atoms with Gasteiger partial charge >= 0.3 is 5.69 Å². The maximum atomic E-state index is 12.0. The fourth-order valence-corrected chi connectivity index (χ4v) is 3.67. The predicted octanol–water partition coefficient (Wildman–Crippen LogP) is 4.11. The van der Waals surface area contributed by atoms with Gasteiger partial charge in [0, 0.05) is 5.39 Å². The van der Waals surface area contributed by atoms with Crippen molar-refractivity contribution in [2.45, 2.75) is 6.92 Å². The van der Waals surface area contributed by atoms with Crippen LogP contribution in [0.2, 0.25) is 15.2 Å². The van der Waals surface area contributed by atoms with Crippen LogP contribution in [0.5, 0.6) is 11.5 Å². The highest BCUT2D eigenvalue weighted by Crippen LogP contribution is 2.39. The van der Waals surface area contributed by atoms with Gasteiger partial charge in [-0.05, 0) is 48.9 Å². The van der Waals surface area contributed by atoms with Gasteiger partial charge in [0.25, 0.3) is 5.56 Å². The molecule has 0 aliphatic carbocycles. The quantitative estimate of drug-likeness (QED) is 0.441. The molecule has 0 aliphatic rings. The molecule has 4 aromatic rings.